The van der Waals surface area contributed by atoms with Gasteiger partial charge in [-0.05, 0) is 31.0 Å². The highest BCUT2D eigenvalue weighted by Crippen LogP contribution is 2.25. The standard InChI is InChI=1S/C22H19N3O3S/c1-3-15-7-9-16(10-8-15)21-23-18(13-29-21)22(26)27-12-19-24-25-20(28-19)17-6-4-5-14(2)11-17/h4-11,13H,3,12H2,1-2H3. The molecular weight excluding hydrogens is 386 g/mol. The second-order valence-electron chi connectivity index (χ2n) is 6.53. The maximum absolute atomic E-state index is 12.3. The summed E-state index contributed by atoms with van der Waals surface area (Å²) in [5.74, 6) is 0.111. The van der Waals surface area contributed by atoms with Gasteiger partial charge in [0.15, 0.2) is 12.3 Å². The molecule has 0 bridgehead atoms. The zero-order chi connectivity index (χ0) is 20.2. The van der Waals surface area contributed by atoms with E-state index < -0.39 is 5.97 Å². The predicted octanol–water partition coefficient (Wildman–Crippen LogP) is 5.09. The van der Waals surface area contributed by atoms with Crippen LogP contribution in [0.3, 0.4) is 0 Å². The number of hydrogen-bond donors (Lipinski definition) is 0. The first-order valence-corrected chi connectivity index (χ1v) is 10.1. The average Bonchev–Trinajstić information content (AvgIpc) is 3.42. The van der Waals surface area contributed by atoms with Crippen LogP contribution in [0.25, 0.3) is 22.0 Å². The van der Waals surface area contributed by atoms with E-state index in [9.17, 15) is 4.79 Å². The van der Waals surface area contributed by atoms with Crippen LogP contribution in [0, 0.1) is 6.92 Å². The van der Waals surface area contributed by atoms with E-state index in [2.05, 4.69) is 34.2 Å². The number of hydrogen-bond acceptors (Lipinski definition) is 7. The number of carbonyl (C=O) groups is 1. The van der Waals surface area contributed by atoms with E-state index in [1.54, 1.807) is 5.38 Å². The van der Waals surface area contributed by atoms with Crippen LogP contribution in [-0.2, 0) is 17.8 Å². The summed E-state index contributed by atoms with van der Waals surface area (Å²) in [5.41, 5.74) is 4.43. The lowest BCUT2D eigenvalue weighted by molar-refractivity contribution is 0.0433. The van der Waals surface area contributed by atoms with Crippen molar-refractivity contribution in [2.45, 2.75) is 26.9 Å². The van der Waals surface area contributed by atoms with Gasteiger partial charge in [-0.3, -0.25) is 0 Å². The van der Waals surface area contributed by atoms with Crippen molar-refractivity contribution in [1.29, 1.82) is 0 Å². The Labute approximate surface area is 172 Å². The minimum atomic E-state index is -0.520. The number of esters is 1. The summed E-state index contributed by atoms with van der Waals surface area (Å²) in [6.07, 6.45) is 0.983. The second kappa shape index (κ2) is 8.36. The Balaban J connectivity index is 1.39. The third-order valence-corrected chi connectivity index (χ3v) is 5.27. The molecule has 4 aromatic rings. The fourth-order valence-corrected chi connectivity index (χ4v) is 3.59. The van der Waals surface area contributed by atoms with Gasteiger partial charge >= 0.3 is 5.97 Å². The molecule has 2 aromatic carbocycles. The van der Waals surface area contributed by atoms with Crippen LogP contribution >= 0.6 is 11.3 Å². The summed E-state index contributed by atoms with van der Waals surface area (Å²) < 4.78 is 10.9. The normalized spacial score (nSPS) is 10.8. The minimum Gasteiger partial charge on any atom is -0.451 e. The number of carbonyl (C=O) groups excluding carboxylic acids is 1. The molecule has 2 heterocycles. The van der Waals surface area contributed by atoms with Crippen molar-refractivity contribution in [2.75, 3.05) is 0 Å². The molecule has 0 aliphatic heterocycles. The zero-order valence-corrected chi connectivity index (χ0v) is 16.9. The summed E-state index contributed by atoms with van der Waals surface area (Å²) in [5, 5.41) is 10.4. The van der Waals surface area contributed by atoms with Crippen LogP contribution in [0.5, 0.6) is 0 Å². The molecule has 0 saturated heterocycles. The van der Waals surface area contributed by atoms with Crippen molar-refractivity contribution >= 4 is 17.3 Å². The molecule has 6 nitrogen and oxygen atoms in total. The van der Waals surface area contributed by atoms with Crippen LogP contribution in [-0.4, -0.2) is 21.2 Å². The zero-order valence-electron chi connectivity index (χ0n) is 16.1. The molecule has 0 radical (unpaired) electrons. The summed E-state index contributed by atoms with van der Waals surface area (Å²) in [7, 11) is 0. The smallest absolute Gasteiger partial charge is 0.358 e. The molecule has 0 amide bonds. The first-order valence-electron chi connectivity index (χ1n) is 9.24. The summed E-state index contributed by atoms with van der Waals surface area (Å²) in [6, 6.07) is 15.9. The maximum atomic E-state index is 12.3. The Kier molecular flexibility index (Phi) is 5.48. The van der Waals surface area contributed by atoms with Crippen LogP contribution < -0.4 is 0 Å². The van der Waals surface area contributed by atoms with Crippen molar-refractivity contribution in [3.63, 3.8) is 0 Å². The van der Waals surface area contributed by atoms with Gasteiger partial charge in [0.1, 0.15) is 5.01 Å². The third-order valence-electron chi connectivity index (χ3n) is 4.38. The Bertz CT molecular complexity index is 1130. The largest absolute Gasteiger partial charge is 0.451 e. The molecule has 0 aliphatic rings. The highest BCUT2D eigenvalue weighted by atomic mass is 32.1. The van der Waals surface area contributed by atoms with E-state index in [0.29, 0.717) is 5.89 Å². The van der Waals surface area contributed by atoms with Gasteiger partial charge in [0.05, 0.1) is 0 Å². The molecule has 0 N–H and O–H groups in total. The number of benzene rings is 2. The van der Waals surface area contributed by atoms with E-state index in [0.717, 1.165) is 28.1 Å². The number of ether oxygens (including phenoxy) is 1. The summed E-state index contributed by atoms with van der Waals surface area (Å²) >= 11 is 1.41. The van der Waals surface area contributed by atoms with Crippen molar-refractivity contribution < 1.29 is 13.9 Å². The first-order chi connectivity index (χ1) is 14.1. The molecule has 29 heavy (non-hydrogen) atoms. The van der Waals surface area contributed by atoms with Gasteiger partial charge in [0, 0.05) is 16.5 Å². The maximum Gasteiger partial charge on any atom is 0.358 e. The summed E-state index contributed by atoms with van der Waals surface area (Å²) in [6.45, 7) is 4.00. The van der Waals surface area contributed by atoms with E-state index in [1.165, 1.54) is 16.9 Å². The lowest BCUT2D eigenvalue weighted by atomic mass is 10.1. The minimum absolute atomic E-state index is 0.101. The molecule has 0 aliphatic carbocycles. The molecule has 0 spiro atoms. The topological polar surface area (TPSA) is 78.1 Å². The number of thiazole rings is 1. The van der Waals surface area contributed by atoms with Crippen molar-refractivity contribution in [3.05, 3.63) is 76.6 Å². The lowest BCUT2D eigenvalue weighted by Crippen LogP contribution is -2.05. The molecule has 0 unspecified atom stereocenters. The van der Waals surface area contributed by atoms with Crippen molar-refractivity contribution in [3.8, 4) is 22.0 Å². The molecule has 146 valence electrons. The summed E-state index contributed by atoms with van der Waals surface area (Å²) in [4.78, 5) is 16.7. The van der Waals surface area contributed by atoms with Gasteiger partial charge in [0.25, 0.3) is 5.89 Å². The SMILES string of the molecule is CCc1ccc(-c2nc(C(=O)OCc3nnc(-c4cccc(C)c4)o3)cs2)cc1. The van der Waals surface area contributed by atoms with Crippen molar-refractivity contribution in [2.24, 2.45) is 0 Å². The highest BCUT2D eigenvalue weighted by molar-refractivity contribution is 7.13. The van der Waals surface area contributed by atoms with Gasteiger partial charge < -0.3 is 9.15 Å². The quantitative estimate of drug-likeness (QED) is 0.416. The fraction of sp³-hybridized carbons (Fsp3) is 0.182. The van der Waals surface area contributed by atoms with Crippen LogP contribution in [0.1, 0.15) is 34.4 Å². The molecule has 7 heteroatoms. The second-order valence-corrected chi connectivity index (χ2v) is 7.39. The molecule has 2 aromatic heterocycles. The molecule has 4 rings (SSSR count). The first kappa shape index (κ1) is 19.0. The van der Waals surface area contributed by atoms with E-state index in [1.807, 2.05) is 43.3 Å². The van der Waals surface area contributed by atoms with Crippen LogP contribution in [0.15, 0.2) is 58.3 Å². The van der Waals surface area contributed by atoms with Gasteiger partial charge in [0.2, 0.25) is 5.89 Å². The highest BCUT2D eigenvalue weighted by Gasteiger charge is 2.16. The average molecular weight is 405 g/mol. The van der Waals surface area contributed by atoms with Crippen molar-refractivity contribution in [1.82, 2.24) is 15.2 Å². The van der Waals surface area contributed by atoms with Gasteiger partial charge in [-0.1, -0.05) is 48.9 Å². The molecule has 0 fully saturated rings. The monoisotopic (exact) mass is 405 g/mol. The fourth-order valence-electron chi connectivity index (χ4n) is 2.79. The lowest BCUT2D eigenvalue weighted by Gasteiger charge is -2.00. The molecular formula is C22H19N3O3S. The number of aromatic nitrogens is 3. The van der Waals surface area contributed by atoms with Gasteiger partial charge in [-0.15, -0.1) is 21.5 Å². The molecule has 0 saturated carbocycles. The molecule has 0 atom stereocenters. The van der Waals surface area contributed by atoms with Gasteiger partial charge in [-0.2, -0.15) is 0 Å². The number of aryl methyl sites for hydroxylation is 2. The van der Waals surface area contributed by atoms with Gasteiger partial charge in [-0.25, -0.2) is 9.78 Å². The number of rotatable bonds is 6. The number of nitrogens with zero attached hydrogens (tertiary/aromatic N) is 3. The Hall–Kier alpha value is -3.32. The van der Waals surface area contributed by atoms with E-state index in [4.69, 9.17) is 9.15 Å². The van der Waals surface area contributed by atoms with E-state index >= 15 is 0 Å². The third kappa shape index (κ3) is 4.41. The van der Waals surface area contributed by atoms with Crippen LogP contribution in [0.2, 0.25) is 0 Å². The predicted molar refractivity (Wildman–Crippen MR) is 111 cm³/mol. The Morgan fingerprint density at radius 3 is 2.69 bits per heavy atom. The Morgan fingerprint density at radius 2 is 1.93 bits per heavy atom. The van der Waals surface area contributed by atoms with Crippen LogP contribution in [0.4, 0.5) is 0 Å². The Morgan fingerprint density at radius 1 is 1.10 bits per heavy atom. The van der Waals surface area contributed by atoms with E-state index in [-0.39, 0.29) is 18.2 Å².